The van der Waals surface area contributed by atoms with Gasteiger partial charge in [-0.05, 0) is 24.8 Å². The topological polar surface area (TPSA) is 3.88 Å². The van der Waals surface area contributed by atoms with Gasteiger partial charge in [-0.3, -0.25) is 0 Å². The SMILES string of the molecule is CCCCCCCCCCCC[n+]1ccc(CCCC)cc1. The number of aromatic nitrogens is 1. The molecule has 22 heavy (non-hydrogen) atoms. The number of unbranched alkanes of at least 4 members (excludes halogenated alkanes) is 10. The van der Waals surface area contributed by atoms with Crippen molar-refractivity contribution in [3.05, 3.63) is 30.1 Å². The van der Waals surface area contributed by atoms with Gasteiger partial charge in [0.1, 0.15) is 6.54 Å². The number of pyridine rings is 1. The number of hydrogen-bond acceptors (Lipinski definition) is 0. The van der Waals surface area contributed by atoms with Gasteiger partial charge in [-0.2, -0.15) is 0 Å². The van der Waals surface area contributed by atoms with E-state index >= 15 is 0 Å². The van der Waals surface area contributed by atoms with Crippen molar-refractivity contribution in [2.24, 2.45) is 0 Å². The van der Waals surface area contributed by atoms with Crippen LogP contribution in [0.1, 0.15) is 96.5 Å². The fourth-order valence-corrected chi connectivity index (χ4v) is 2.97. The molecule has 0 N–H and O–H groups in total. The van der Waals surface area contributed by atoms with Crippen molar-refractivity contribution >= 4 is 0 Å². The molecule has 1 rings (SSSR count). The van der Waals surface area contributed by atoms with Gasteiger partial charge in [-0.25, -0.2) is 4.57 Å². The minimum atomic E-state index is 1.19. The molecule has 0 aliphatic heterocycles. The molecule has 0 saturated heterocycles. The zero-order chi connectivity index (χ0) is 15.9. The highest BCUT2D eigenvalue weighted by molar-refractivity contribution is 5.06. The molecule has 1 nitrogen and oxygen atoms in total. The average molecular weight is 305 g/mol. The molecule has 0 atom stereocenters. The lowest BCUT2D eigenvalue weighted by atomic mass is 10.1. The first kappa shape index (κ1) is 19.2. The second kappa shape index (κ2) is 13.8. The van der Waals surface area contributed by atoms with Crippen LogP contribution >= 0.6 is 0 Å². The van der Waals surface area contributed by atoms with E-state index in [1.807, 2.05) is 0 Å². The summed E-state index contributed by atoms with van der Waals surface area (Å²) < 4.78 is 2.35. The maximum absolute atomic E-state index is 2.35. The molecule has 0 aliphatic carbocycles. The number of nitrogens with zero attached hydrogens (tertiary/aromatic N) is 1. The van der Waals surface area contributed by atoms with E-state index < -0.39 is 0 Å². The highest BCUT2D eigenvalue weighted by Gasteiger charge is 2.01. The Kier molecular flexibility index (Phi) is 12.0. The zero-order valence-electron chi connectivity index (χ0n) is 15.2. The Labute approximate surface area is 139 Å². The summed E-state index contributed by atoms with van der Waals surface area (Å²) in [5, 5.41) is 0. The molecular weight excluding hydrogens is 266 g/mol. The van der Waals surface area contributed by atoms with Crippen molar-refractivity contribution in [3.63, 3.8) is 0 Å². The lowest BCUT2D eigenvalue weighted by Gasteiger charge is -2.02. The summed E-state index contributed by atoms with van der Waals surface area (Å²) in [5.41, 5.74) is 1.49. The zero-order valence-corrected chi connectivity index (χ0v) is 15.2. The quantitative estimate of drug-likeness (QED) is 0.283. The van der Waals surface area contributed by atoms with Crippen molar-refractivity contribution in [1.29, 1.82) is 0 Å². The molecule has 1 aromatic heterocycles. The Bertz CT molecular complexity index is 341. The van der Waals surface area contributed by atoms with Gasteiger partial charge < -0.3 is 0 Å². The Morgan fingerprint density at radius 3 is 1.68 bits per heavy atom. The molecule has 0 fully saturated rings. The summed E-state index contributed by atoms with van der Waals surface area (Å²) in [4.78, 5) is 0. The highest BCUT2D eigenvalue weighted by atomic mass is 14.9. The molecule has 0 aliphatic rings. The first-order valence-corrected chi connectivity index (χ1v) is 9.84. The molecule has 0 bridgehead atoms. The Morgan fingerprint density at radius 2 is 1.14 bits per heavy atom. The summed E-state index contributed by atoms with van der Waals surface area (Å²) in [5.74, 6) is 0. The van der Waals surface area contributed by atoms with E-state index in [1.165, 1.54) is 95.6 Å². The van der Waals surface area contributed by atoms with Gasteiger partial charge in [-0.15, -0.1) is 0 Å². The van der Waals surface area contributed by atoms with Crippen LogP contribution in [0.4, 0.5) is 0 Å². The van der Waals surface area contributed by atoms with Crippen LogP contribution in [-0.2, 0) is 13.0 Å². The third-order valence-corrected chi connectivity index (χ3v) is 4.55. The van der Waals surface area contributed by atoms with Gasteiger partial charge in [0.25, 0.3) is 0 Å². The maximum atomic E-state index is 2.35. The molecule has 0 unspecified atom stereocenters. The summed E-state index contributed by atoms with van der Waals surface area (Å²) in [6, 6.07) is 4.60. The fraction of sp³-hybridized carbons (Fsp3) is 0.762. The molecule has 1 heteroatoms. The minimum absolute atomic E-state index is 1.19. The minimum Gasteiger partial charge on any atom is -0.205 e. The van der Waals surface area contributed by atoms with E-state index in [1.54, 1.807) is 0 Å². The lowest BCUT2D eigenvalue weighted by Crippen LogP contribution is -2.32. The van der Waals surface area contributed by atoms with Crippen LogP contribution in [0.15, 0.2) is 24.5 Å². The first-order valence-electron chi connectivity index (χ1n) is 9.84. The van der Waals surface area contributed by atoms with E-state index in [9.17, 15) is 0 Å². The average Bonchev–Trinajstić information content (AvgIpc) is 2.56. The van der Waals surface area contributed by atoms with E-state index in [0.717, 1.165) is 0 Å². The van der Waals surface area contributed by atoms with Crippen LogP contribution in [0.5, 0.6) is 0 Å². The summed E-state index contributed by atoms with van der Waals surface area (Å²) >= 11 is 0. The smallest absolute Gasteiger partial charge is 0.169 e. The summed E-state index contributed by atoms with van der Waals surface area (Å²) in [6.45, 7) is 5.73. The van der Waals surface area contributed by atoms with Crippen LogP contribution in [0.2, 0.25) is 0 Å². The standard InChI is InChI=1S/C21H38N/c1-3-5-7-8-9-10-11-12-13-14-18-22-19-16-21(17-20-22)15-6-4-2/h16-17,19-20H,3-15,18H2,1-2H3/q+1. The molecule has 0 radical (unpaired) electrons. The van der Waals surface area contributed by atoms with Gasteiger partial charge in [-0.1, -0.05) is 71.6 Å². The molecule has 0 saturated carbocycles. The fourth-order valence-electron chi connectivity index (χ4n) is 2.97. The number of aryl methyl sites for hydroxylation is 2. The lowest BCUT2D eigenvalue weighted by molar-refractivity contribution is -0.697. The van der Waals surface area contributed by atoms with Gasteiger partial charge >= 0.3 is 0 Å². The van der Waals surface area contributed by atoms with Crippen LogP contribution in [0, 0.1) is 0 Å². The predicted molar refractivity (Wildman–Crippen MR) is 97.1 cm³/mol. The third-order valence-electron chi connectivity index (χ3n) is 4.55. The second-order valence-electron chi connectivity index (χ2n) is 6.73. The molecule has 126 valence electrons. The maximum Gasteiger partial charge on any atom is 0.169 e. The predicted octanol–water partition coefficient (Wildman–Crippen LogP) is 6.24. The van der Waals surface area contributed by atoms with Crippen molar-refractivity contribution < 1.29 is 4.57 Å². The first-order chi connectivity index (χ1) is 10.9. The third kappa shape index (κ3) is 9.97. The van der Waals surface area contributed by atoms with Gasteiger partial charge in [0.2, 0.25) is 0 Å². The monoisotopic (exact) mass is 304 g/mol. The highest BCUT2D eigenvalue weighted by Crippen LogP contribution is 2.10. The van der Waals surface area contributed by atoms with Crippen molar-refractivity contribution in [2.45, 2.75) is 104 Å². The Morgan fingerprint density at radius 1 is 0.636 bits per heavy atom. The molecular formula is C21H38N+. The number of hydrogen-bond donors (Lipinski definition) is 0. The van der Waals surface area contributed by atoms with Crippen LogP contribution in [0.25, 0.3) is 0 Å². The Balaban J connectivity index is 1.96. The summed E-state index contributed by atoms with van der Waals surface area (Å²) in [7, 11) is 0. The molecule has 0 amide bonds. The van der Waals surface area contributed by atoms with Crippen molar-refractivity contribution in [2.75, 3.05) is 0 Å². The van der Waals surface area contributed by atoms with E-state index in [4.69, 9.17) is 0 Å². The summed E-state index contributed by atoms with van der Waals surface area (Å²) in [6.07, 6.45) is 22.5. The number of rotatable bonds is 14. The van der Waals surface area contributed by atoms with Gasteiger partial charge in [0.05, 0.1) is 0 Å². The van der Waals surface area contributed by atoms with Gasteiger partial charge in [0, 0.05) is 18.6 Å². The largest absolute Gasteiger partial charge is 0.205 e. The van der Waals surface area contributed by atoms with Crippen LogP contribution in [-0.4, -0.2) is 0 Å². The molecule has 1 aromatic rings. The van der Waals surface area contributed by atoms with Crippen molar-refractivity contribution in [3.8, 4) is 0 Å². The normalized spacial score (nSPS) is 11.0. The van der Waals surface area contributed by atoms with E-state index in [0.29, 0.717) is 0 Å². The molecule has 0 aromatic carbocycles. The van der Waals surface area contributed by atoms with Crippen LogP contribution < -0.4 is 4.57 Å². The van der Waals surface area contributed by atoms with Crippen LogP contribution in [0.3, 0.4) is 0 Å². The van der Waals surface area contributed by atoms with Crippen molar-refractivity contribution in [1.82, 2.24) is 0 Å². The van der Waals surface area contributed by atoms with E-state index in [2.05, 4.69) is 42.9 Å². The molecule has 0 spiro atoms. The van der Waals surface area contributed by atoms with E-state index in [-0.39, 0.29) is 0 Å². The van der Waals surface area contributed by atoms with Gasteiger partial charge in [0.15, 0.2) is 12.4 Å². The molecule has 1 heterocycles. The Hall–Kier alpha value is -0.850. The second-order valence-corrected chi connectivity index (χ2v) is 6.73.